The standard InChI is InChI=1S/C19H21ClN2O3/c1-21(2)15-6-4-13(5-7-15)12-22(3)19(23)14-10-16(20)18-17(11-14)24-8-9-25-18/h4-7,10-11H,8-9,12H2,1-3H3. The number of halogens is 1. The predicted octanol–water partition coefficient (Wildman–Crippen LogP) is 3.45. The number of amides is 1. The van der Waals surface area contributed by atoms with Gasteiger partial charge in [-0.25, -0.2) is 0 Å². The fraction of sp³-hybridized carbons (Fsp3) is 0.316. The number of carbonyl (C=O) groups is 1. The molecule has 0 unspecified atom stereocenters. The number of nitrogens with zero attached hydrogens (tertiary/aromatic N) is 2. The monoisotopic (exact) mass is 360 g/mol. The Labute approximate surface area is 152 Å². The van der Waals surface area contributed by atoms with Gasteiger partial charge >= 0.3 is 0 Å². The summed E-state index contributed by atoms with van der Waals surface area (Å²) in [4.78, 5) is 16.4. The SMILES string of the molecule is CN(Cc1ccc(N(C)C)cc1)C(=O)c1cc(Cl)c2c(c1)OCCO2. The molecule has 3 rings (SSSR count). The van der Waals surface area contributed by atoms with Gasteiger partial charge in [0, 0.05) is 38.9 Å². The molecule has 1 aliphatic rings. The van der Waals surface area contributed by atoms with Gasteiger partial charge < -0.3 is 19.3 Å². The molecule has 1 aliphatic heterocycles. The molecular weight excluding hydrogens is 340 g/mol. The van der Waals surface area contributed by atoms with Crippen LogP contribution in [-0.4, -0.2) is 45.2 Å². The van der Waals surface area contributed by atoms with Crippen molar-refractivity contribution in [3.8, 4) is 11.5 Å². The highest BCUT2D eigenvalue weighted by Gasteiger charge is 2.21. The van der Waals surface area contributed by atoms with Crippen LogP contribution in [0, 0.1) is 0 Å². The lowest BCUT2D eigenvalue weighted by Gasteiger charge is -2.22. The summed E-state index contributed by atoms with van der Waals surface area (Å²) in [6.07, 6.45) is 0. The van der Waals surface area contributed by atoms with Crippen molar-refractivity contribution in [1.82, 2.24) is 4.90 Å². The van der Waals surface area contributed by atoms with E-state index in [9.17, 15) is 4.79 Å². The molecule has 0 saturated carbocycles. The van der Waals surface area contributed by atoms with Crippen LogP contribution in [0.4, 0.5) is 5.69 Å². The highest BCUT2D eigenvalue weighted by molar-refractivity contribution is 6.32. The molecule has 0 fully saturated rings. The van der Waals surface area contributed by atoms with Crippen LogP contribution in [0.3, 0.4) is 0 Å². The van der Waals surface area contributed by atoms with Crippen molar-refractivity contribution in [3.63, 3.8) is 0 Å². The maximum absolute atomic E-state index is 12.7. The van der Waals surface area contributed by atoms with Gasteiger partial charge in [-0.15, -0.1) is 0 Å². The van der Waals surface area contributed by atoms with E-state index in [1.165, 1.54) is 0 Å². The summed E-state index contributed by atoms with van der Waals surface area (Å²) in [7, 11) is 5.76. The van der Waals surface area contributed by atoms with E-state index in [0.29, 0.717) is 41.8 Å². The molecule has 132 valence electrons. The zero-order valence-electron chi connectivity index (χ0n) is 14.6. The number of benzene rings is 2. The molecule has 6 heteroatoms. The Morgan fingerprint density at radius 1 is 1.08 bits per heavy atom. The van der Waals surface area contributed by atoms with E-state index in [2.05, 4.69) is 0 Å². The van der Waals surface area contributed by atoms with Gasteiger partial charge in [-0.1, -0.05) is 23.7 Å². The molecule has 0 saturated heterocycles. The van der Waals surface area contributed by atoms with Gasteiger partial charge in [0.25, 0.3) is 5.91 Å². The van der Waals surface area contributed by atoms with Gasteiger partial charge in [-0.3, -0.25) is 4.79 Å². The van der Waals surface area contributed by atoms with Crippen LogP contribution >= 0.6 is 11.6 Å². The fourth-order valence-corrected chi connectivity index (χ4v) is 2.97. The van der Waals surface area contributed by atoms with E-state index in [4.69, 9.17) is 21.1 Å². The van der Waals surface area contributed by atoms with Crippen molar-refractivity contribution in [2.75, 3.05) is 39.3 Å². The van der Waals surface area contributed by atoms with E-state index in [0.717, 1.165) is 11.3 Å². The maximum Gasteiger partial charge on any atom is 0.254 e. The summed E-state index contributed by atoms with van der Waals surface area (Å²) in [6, 6.07) is 11.4. The average Bonchev–Trinajstić information content (AvgIpc) is 2.61. The summed E-state index contributed by atoms with van der Waals surface area (Å²) in [5.41, 5.74) is 2.67. The van der Waals surface area contributed by atoms with Gasteiger partial charge in [0.05, 0.1) is 5.02 Å². The normalized spacial score (nSPS) is 12.6. The lowest BCUT2D eigenvalue weighted by Crippen LogP contribution is -2.26. The van der Waals surface area contributed by atoms with Crippen molar-refractivity contribution >= 4 is 23.2 Å². The van der Waals surface area contributed by atoms with Crippen molar-refractivity contribution in [2.24, 2.45) is 0 Å². The Balaban J connectivity index is 1.75. The number of anilines is 1. The van der Waals surface area contributed by atoms with Gasteiger partial charge in [0.2, 0.25) is 0 Å². The highest BCUT2D eigenvalue weighted by Crippen LogP contribution is 2.38. The molecule has 1 amide bonds. The number of ether oxygens (including phenoxy) is 2. The topological polar surface area (TPSA) is 42.0 Å². The van der Waals surface area contributed by atoms with Crippen molar-refractivity contribution in [1.29, 1.82) is 0 Å². The third kappa shape index (κ3) is 3.82. The van der Waals surface area contributed by atoms with Gasteiger partial charge in [-0.2, -0.15) is 0 Å². The van der Waals surface area contributed by atoms with E-state index in [-0.39, 0.29) is 5.91 Å². The number of hydrogen-bond donors (Lipinski definition) is 0. The predicted molar refractivity (Wildman–Crippen MR) is 99.0 cm³/mol. The molecule has 0 aliphatic carbocycles. The molecule has 0 N–H and O–H groups in total. The van der Waals surface area contributed by atoms with Crippen molar-refractivity contribution in [2.45, 2.75) is 6.54 Å². The lowest BCUT2D eigenvalue weighted by atomic mass is 10.1. The molecule has 0 aromatic heterocycles. The third-order valence-electron chi connectivity index (χ3n) is 4.06. The van der Waals surface area contributed by atoms with E-state index >= 15 is 0 Å². The fourth-order valence-electron chi connectivity index (χ4n) is 2.70. The van der Waals surface area contributed by atoms with E-state index in [1.54, 1.807) is 24.1 Å². The minimum absolute atomic E-state index is 0.115. The van der Waals surface area contributed by atoms with Crippen LogP contribution < -0.4 is 14.4 Å². The third-order valence-corrected chi connectivity index (χ3v) is 4.34. The summed E-state index contributed by atoms with van der Waals surface area (Å²) in [5, 5.41) is 0.393. The first-order valence-corrected chi connectivity index (χ1v) is 8.44. The van der Waals surface area contributed by atoms with Crippen LogP contribution in [0.25, 0.3) is 0 Å². The van der Waals surface area contributed by atoms with Crippen LogP contribution in [0.1, 0.15) is 15.9 Å². The number of rotatable bonds is 4. The summed E-state index contributed by atoms with van der Waals surface area (Å²) >= 11 is 6.22. The average molecular weight is 361 g/mol. The second kappa shape index (κ2) is 7.23. The maximum atomic E-state index is 12.7. The largest absolute Gasteiger partial charge is 0.486 e. The second-order valence-electron chi connectivity index (χ2n) is 6.20. The van der Waals surface area contributed by atoms with Gasteiger partial charge in [0.15, 0.2) is 11.5 Å². The molecule has 1 heterocycles. The first kappa shape index (κ1) is 17.4. The number of carbonyl (C=O) groups excluding carboxylic acids is 1. The van der Waals surface area contributed by atoms with E-state index < -0.39 is 0 Å². The molecule has 2 aromatic carbocycles. The molecule has 0 atom stereocenters. The highest BCUT2D eigenvalue weighted by atomic mass is 35.5. The van der Waals surface area contributed by atoms with Crippen LogP contribution in [0.2, 0.25) is 5.02 Å². The molecule has 5 nitrogen and oxygen atoms in total. The Kier molecular flexibility index (Phi) is 5.04. The first-order valence-electron chi connectivity index (χ1n) is 8.06. The summed E-state index contributed by atoms with van der Waals surface area (Å²) in [6.45, 7) is 1.43. The zero-order chi connectivity index (χ0) is 18.0. The first-order chi connectivity index (χ1) is 12.0. The minimum atomic E-state index is -0.115. The molecule has 0 spiro atoms. The van der Waals surface area contributed by atoms with E-state index in [1.807, 2.05) is 43.3 Å². The molecule has 0 radical (unpaired) electrons. The number of fused-ring (bicyclic) bond motifs is 1. The Morgan fingerprint density at radius 2 is 1.76 bits per heavy atom. The van der Waals surface area contributed by atoms with Crippen LogP contribution in [0.15, 0.2) is 36.4 Å². The molecule has 2 aromatic rings. The summed E-state index contributed by atoms with van der Waals surface area (Å²) < 4.78 is 11.0. The second-order valence-corrected chi connectivity index (χ2v) is 6.61. The zero-order valence-corrected chi connectivity index (χ0v) is 15.3. The molecule has 25 heavy (non-hydrogen) atoms. The molecular formula is C19H21ClN2O3. The molecule has 0 bridgehead atoms. The quantitative estimate of drug-likeness (QED) is 0.837. The van der Waals surface area contributed by atoms with Crippen LogP contribution in [0.5, 0.6) is 11.5 Å². The van der Waals surface area contributed by atoms with Gasteiger partial charge in [0.1, 0.15) is 13.2 Å². The number of hydrogen-bond acceptors (Lipinski definition) is 4. The Bertz CT molecular complexity index is 775. The summed E-state index contributed by atoms with van der Waals surface area (Å²) in [5.74, 6) is 0.910. The van der Waals surface area contributed by atoms with Gasteiger partial charge in [-0.05, 0) is 29.8 Å². The van der Waals surface area contributed by atoms with Crippen molar-refractivity contribution in [3.05, 3.63) is 52.5 Å². The Morgan fingerprint density at radius 3 is 2.44 bits per heavy atom. The lowest BCUT2D eigenvalue weighted by molar-refractivity contribution is 0.0784. The minimum Gasteiger partial charge on any atom is -0.486 e. The van der Waals surface area contributed by atoms with Crippen LogP contribution in [-0.2, 0) is 6.54 Å². The smallest absolute Gasteiger partial charge is 0.254 e. The Hall–Kier alpha value is -2.40. The van der Waals surface area contributed by atoms with Crippen molar-refractivity contribution < 1.29 is 14.3 Å².